The maximum Gasteiger partial charge on any atom is 0.417 e. The minimum absolute atomic E-state index is 0.0786. The number of nitriles is 1. The average molecular weight is 486 g/mol. The van der Waals surface area contributed by atoms with Crippen molar-refractivity contribution in [2.75, 3.05) is 38.1 Å². The molecule has 1 N–H and O–H groups in total. The molecule has 2 fully saturated rings. The highest BCUT2D eigenvalue weighted by Crippen LogP contribution is 2.40. The number of hydrogen-bond donors (Lipinski definition) is 1. The number of hydrogen-bond acceptors (Lipinski definition) is 6. The second-order valence-electron chi connectivity index (χ2n) is 8.83. The fourth-order valence-corrected chi connectivity index (χ4v) is 5.12. The maximum atomic E-state index is 13.5. The minimum atomic E-state index is -4.65. The number of amides is 2. The summed E-state index contributed by atoms with van der Waals surface area (Å²) >= 11 is 0. The van der Waals surface area contributed by atoms with E-state index in [1.165, 1.54) is 24.5 Å². The fraction of sp³-hybridized carbons (Fsp3) is 0.458. The normalized spacial score (nSPS) is 21.0. The van der Waals surface area contributed by atoms with Gasteiger partial charge in [-0.3, -0.25) is 9.59 Å². The first-order valence-electron chi connectivity index (χ1n) is 11.4. The fourth-order valence-electron chi connectivity index (χ4n) is 5.12. The molecule has 1 aromatic carbocycles. The first-order chi connectivity index (χ1) is 16.7. The van der Waals surface area contributed by atoms with Gasteiger partial charge in [0, 0.05) is 51.3 Å². The molecule has 1 aromatic heterocycles. The Balaban J connectivity index is 1.50. The van der Waals surface area contributed by atoms with Gasteiger partial charge in [-0.1, -0.05) is 0 Å². The second kappa shape index (κ2) is 9.90. The number of alkyl halides is 3. The molecule has 0 spiro atoms. The first-order valence-corrected chi connectivity index (χ1v) is 11.4. The van der Waals surface area contributed by atoms with Gasteiger partial charge in [0.2, 0.25) is 11.7 Å². The monoisotopic (exact) mass is 486 g/mol. The van der Waals surface area contributed by atoms with E-state index in [-0.39, 0.29) is 36.0 Å². The van der Waals surface area contributed by atoms with Crippen LogP contribution in [0.25, 0.3) is 0 Å². The number of carbonyl (C=O) groups is 2. The summed E-state index contributed by atoms with van der Waals surface area (Å²) in [6, 6.07) is 6.90. The number of aromatic nitrogens is 2. The Morgan fingerprint density at radius 1 is 1.14 bits per heavy atom. The highest BCUT2D eigenvalue weighted by Gasteiger charge is 2.43. The van der Waals surface area contributed by atoms with Crippen LogP contribution >= 0.6 is 0 Å². The van der Waals surface area contributed by atoms with Crippen molar-refractivity contribution in [2.24, 2.45) is 17.8 Å². The summed E-state index contributed by atoms with van der Waals surface area (Å²) in [5.74, 6) is -0.596. The molecule has 8 nitrogen and oxygen atoms in total. The highest BCUT2D eigenvalue weighted by atomic mass is 19.4. The number of halogens is 3. The Morgan fingerprint density at radius 3 is 2.43 bits per heavy atom. The number of rotatable bonds is 4. The van der Waals surface area contributed by atoms with Crippen molar-refractivity contribution in [3.8, 4) is 6.07 Å². The summed E-state index contributed by atoms with van der Waals surface area (Å²) in [7, 11) is 1.55. The van der Waals surface area contributed by atoms with Crippen LogP contribution < -0.4 is 10.2 Å². The molecule has 3 heterocycles. The van der Waals surface area contributed by atoms with Gasteiger partial charge in [0.15, 0.2) is 0 Å². The highest BCUT2D eigenvalue weighted by molar-refractivity contribution is 5.90. The molecule has 2 aromatic rings. The number of likely N-dealkylation sites (tertiary alicyclic amines) is 1. The summed E-state index contributed by atoms with van der Waals surface area (Å²) in [6.45, 7) is 1.69. The first kappa shape index (κ1) is 24.4. The van der Waals surface area contributed by atoms with Gasteiger partial charge in [-0.05, 0) is 48.9 Å². The van der Waals surface area contributed by atoms with Crippen molar-refractivity contribution >= 4 is 17.5 Å². The van der Waals surface area contributed by atoms with Crippen LogP contribution in [0.2, 0.25) is 0 Å². The van der Waals surface area contributed by atoms with Gasteiger partial charge >= 0.3 is 6.18 Å². The predicted molar refractivity (Wildman–Crippen MR) is 120 cm³/mol. The third-order valence-electron chi connectivity index (χ3n) is 6.93. The maximum absolute atomic E-state index is 13.5. The van der Waals surface area contributed by atoms with Crippen LogP contribution in [-0.2, 0) is 11.0 Å². The van der Waals surface area contributed by atoms with E-state index in [0.717, 1.165) is 6.07 Å². The topological polar surface area (TPSA) is 102 Å². The van der Waals surface area contributed by atoms with Crippen molar-refractivity contribution in [1.82, 2.24) is 20.2 Å². The smallest absolute Gasteiger partial charge is 0.370 e. The minimum Gasteiger partial charge on any atom is -0.370 e. The lowest BCUT2D eigenvalue weighted by Crippen LogP contribution is -2.43. The van der Waals surface area contributed by atoms with Crippen molar-refractivity contribution in [1.29, 1.82) is 5.26 Å². The van der Waals surface area contributed by atoms with E-state index in [4.69, 9.17) is 5.26 Å². The number of anilines is 1. The molecule has 2 aliphatic rings. The molecular formula is C24H25F3N6O2. The zero-order valence-electron chi connectivity index (χ0n) is 19.1. The quantitative estimate of drug-likeness (QED) is 0.713. The van der Waals surface area contributed by atoms with E-state index in [1.807, 2.05) is 0 Å². The Bertz CT molecular complexity index is 1130. The van der Waals surface area contributed by atoms with Crippen LogP contribution in [0.4, 0.5) is 18.9 Å². The SMILES string of the molecule is CNC(=O)[C@@H]1CN(c2ccc(C#N)c(C(F)(F)F)c2)C[C@H]1C1CCN(C(=O)c2ncccn2)CC1. The lowest BCUT2D eigenvalue weighted by atomic mass is 9.78. The van der Waals surface area contributed by atoms with Gasteiger partial charge < -0.3 is 15.1 Å². The molecule has 0 radical (unpaired) electrons. The number of nitrogens with one attached hydrogen (secondary N) is 1. The van der Waals surface area contributed by atoms with Gasteiger partial charge in [0.25, 0.3) is 5.91 Å². The third-order valence-corrected chi connectivity index (χ3v) is 6.93. The molecule has 11 heteroatoms. The van der Waals surface area contributed by atoms with Crippen molar-refractivity contribution in [2.45, 2.75) is 19.0 Å². The molecule has 184 valence electrons. The zero-order valence-corrected chi connectivity index (χ0v) is 19.1. The van der Waals surface area contributed by atoms with Gasteiger partial charge in [-0.15, -0.1) is 0 Å². The van der Waals surface area contributed by atoms with E-state index >= 15 is 0 Å². The van der Waals surface area contributed by atoms with Crippen molar-refractivity contribution in [3.05, 3.63) is 53.6 Å². The van der Waals surface area contributed by atoms with E-state index < -0.39 is 23.2 Å². The van der Waals surface area contributed by atoms with E-state index in [2.05, 4.69) is 15.3 Å². The number of carbonyl (C=O) groups excluding carboxylic acids is 2. The molecule has 2 amide bonds. The molecule has 0 unspecified atom stereocenters. The molecule has 0 aliphatic carbocycles. The molecule has 35 heavy (non-hydrogen) atoms. The summed E-state index contributed by atoms with van der Waals surface area (Å²) in [4.78, 5) is 36.9. The molecule has 0 saturated carbocycles. The second-order valence-corrected chi connectivity index (χ2v) is 8.83. The van der Waals surface area contributed by atoms with Gasteiger partial charge in [-0.25, -0.2) is 9.97 Å². The lowest BCUT2D eigenvalue weighted by molar-refractivity contribution is -0.137. The van der Waals surface area contributed by atoms with Gasteiger partial charge in [0.1, 0.15) is 0 Å². The number of piperidine rings is 1. The van der Waals surface area contributed by atoms with E-state index in [1.54, 1.807) is 29.0 Å². The molecule has 2 atom stereocenters. The van der Waals surface area contributed by atoms with Gasteiger partial charge in [-0.2, -0.15) is 18.4 Å². The summed E-state index contributed by atoms with van der Waals surface area (Å²) in [5, 5.41) is 11.8. The van der Waals surface area contributed by atoms with E-state index in [0.29, 0.717) is 38.2 Å². The Labute approximate surface area is 200 Å². The average Bonchev–Trinajstić information content (AvgIpc) is 3.33. The molecule has 2 saturated heterocycles. The summed E-state index contributed by atoms with van der Waals surface area (Å²) in [6.07, 6.45) is -0.275. The predicted octanol–water partition coefficient (Wildman–Crippen LogP) is 2.72. The standard InChI is InChI=1S/C24H25F3N6O2/c1-29-22(34)19-14-33(17-4-3-16(12-28)20(11-17)24(25,26)27)13-18(19)15-5-9-32(10-6-15)23(35)21-30-7-2-8-31-21/h2-4,7-8,11,15,18-19H,5-6,9-10,13-14H2,1H3,(H,29,34)/t18-,19+/m0/s1. The Morgan fingerprint density at radius 2 is 1.83 bits per heavy atom. The molecular weight excluding hydrogens is 461 g/mol. The van der Waals surface area contributed by atoms with Crippen LogP contribution in [0.3, 0.4) is 0 Å². The van der Waals surface area contributed by atoms with E-state index in [9.17, 15) is 22.8 Å². The number of benzene rings is 1. The van der Waals surface area contributed by atoms with Crippen LogP contribution in [0.15, 0.2) is 36.7 Å². The van der Waals surface area contributed by atoms with Crippen LogP contribution in [0.1, 0.15) is 34.6 Å². The largest absolute Gasteiger partial charge is 0.417 e. The summed E-state index contributed by atoms with van der Waals surface area (Å²) < 4.78 is 40.4. The van der Waals surface area contributed by atoms with Crippen molar-refractivity contribution in [3.63, 3.8) is 0 Å². The third kappa shape index (κ3) is 5.06. The van der Waals surface area contributed by atoms with Crippen LogP contribution in [0, 0.1) is 29.1 Å². The Kier molecular flexibility index (Phi) is 6.91. The molecule has 2 aliphatic heterocycles. The zero-order chi connectivity index (χ0) is 25.2. The Hall–Kier alpha value is -3.68. The summed E-state index contributed by atoms with van der Waals surface area (Å²) in [5.41, 5.74) is -1.08. The number of nitrogens with zero attached hydrogens (tertiary/aromatic N) is 5. The molecule has 4 rings (SSSR count). The van der Waals surface area contributed by atoms with Crippen LogP contribution in [0.5, 0.6) is 0 Å². The van der Waals surface area contributed by atoms with Gasteiger partial charge in [0.05, 0.1) is 23.1 Å². The van der Waals surface area contributed by atoms with Crippen molar-refractivity contribution < 1.29 is 22.8 Å². The van der Waals surface area contributed by atoms with Crippen LogP contribution in [-0.4, -0.2) is 59.9 Å². The molecule has 0 bridgehead atoms. The lowest BCUT2D eigenvalue weighted by Gasteiger charge is -2.36.